The molecule has 0 unspecified atom stereocenters. The van der Waals surface area contributed by atoms with Crippen molar-refractivity contribution in [2.24, 2.45) is 0 Å². The number of rotatable bonds is 7. The Morgan fingerprint density at radius 1 is 1.00 bits per heavy atom. The molecule has 1 saturated heterocycles. The van der Waals surface area contributed by atoms with Crippen molar-refractivity contribution >= 4 is 21.8 Å². The molecule has 0 spiro atoms. The first-order valence-electron chi connectivity index (χ1n) is 10.6. The highest BCUT2D eigenvalue weighted by Crippen LogP contribution is 2.38. The van der Waals surface area contributed by atoms with Gasteiger partial charge in [-0.3, -0.25) is 9.97 Å². The van der Waals surface area contributed by atoms with Gasteiger partial charge in [0.25, 0.3) is 0 Å². The number of fused-ring (bicyclic) bond motifs is 3. The van der Waals surface area contributed by atoms with Crippen molar-refractivity contribution < 1.29 is 9.47 Å². The first kappa shape index (κ1) is 18.9. The molecule has 0 atom stereocenters. The summed E-state index contributed by atoms with van der Waals surface area (Å²) in [6.07, 6.45) is 7.26. The molecule has 0 radical (unpaired) electrons. The van der Waals surface area contributed by atoms with Gasteiger partial charge in [-0.2, -0.15) is 0 Å². The van der Waals surface area contributed by atoms with Gasteiger partial charge < -0.3 is 19.4 Å². The van der Waals surface area contributed by atoms with Gasteiger partial charge in [0.2, 0.25) is 0 Å². The molecule has 0 amide bonds. The van der Waals surface area contributed by atoms with Crippen LogP contribution in [0.2, 0.25) is 0 Å². The lowest BCUT2D eigenvalue weighted by Crippen LogP contribution is -2.21. The van der Waals surface area contributed by atoms with Crippen molar-refractivity contribution in [2.45, 2.75) is 19.3 Å². The zero-order chi connectivity index (χ0) is 20.3. The molecule has 154 valence electrons. The molecule has 4 aromatic rings. The summed E-state index contributed by atoms with van der Waals surface area (Å²) in [5.41, 5.74) is 3.74. The van der Waals surface area contributed by atoms with Crippen molar-refractivity contribution in [1.82, 2.24) is 19.9 Å². The van der Waals surface area contributed by atoms with Crippen LogP contribution in [0.3, 0.4) is 0 Å². The number of nitrogens with one attached hydrogen (secondary N) is 1. The van der Waals surface area contributed by atoms with E-state index in [1.165, 1.54) is 25.9 Å². The Bertz CT molecular complexity index is 1150. The summed E-state index contributed by atoms with van der Waals surface area (Å²) < 4.78 is 11.8. The topological polar surface area (TPSA) is 63.3 Å². The third-order valence-electron chi connectivity index (χ3n) is 5.78. The Balaban J connectivity index is 1.46. The Morgan fingerprint density at radius 2 is 1.90 bits per heavy atom. The molecule has 1 aromatic carbocycles. The first-order valence-corrected chi connectivity index (χ1v) is 10.6. The van der Waals surface area contributed by atoms with Crippen molar-refractivity contribution in [3.05, 3.63) is 48.8 Å². The fourth-order valence-electron chi connectivity index (χ4n) is 4.30. The maximum Gasteiger partial charge on any atom is 0.163 e. The van der Waals surface area contributed by atoms with Crippen LogP contribution in [0.5, 0.6) is 11.5 Å². The number of methoxy groups -OCH3 is 1. The number of H-pyrrole nitrogens is 1. The molecule has 30 heavy (non-hydrogen) atoms. The van der Waals surface area contributed by atoms with Crippen LogP contribution in [0.15, 0.2) is 48.8 Å². The average molecular weight is 402 g/mol. The van der Waals surface area contributed by atoms with Crippen molar-refractivity contribution in [3.8, 4) is 22.9 Å². The van der Waals surface area contributed by atoms with Gasteiger partial charge in [0.15, 0.2) is 11.5 Å². The number of aromatic amines is 1. The van der Waals surface area contributed by atoms with Gasteiger partial charge >= 0.3 is 0 Å². The second-order valence-electron chi connectivity index (χ2n) is 7.72. The second kappa shape index (κ2) is 8.32. The molecule has 6 heteroatoms. The lowest BCUT2D eigenvalue weighted by molar-refractivity contribution is 0.254. The minimum absolute atomic E-state index is 0.680. The number of ether oxygens (including phenoxy) is 2. The van der Waals surface area contributed by atoms with E-state index in [0.717, 1.165) is 57.7 Å². The maximum atomic E-state index is 6.11. The normalized spacial score (nSPS) is 14.6. The Kier molecular flexibility index (Phi) is 5.24. The summed E-state index contributed by atoms with van der Waals surface area (Å²) in [4.78, 5) is 15.1. The average Bonchev–Trinajstić information content (AvgIpc) is 3.43. The second-order valence-corrected chi connectivity index (χ2v) is 7.72. The molecule has 4 heterocycles. The highest BCUT2D eigenvalue weighted by molar-refractivity contribution is 6.13. The largest absolute Gasteiger partial charge is 0.493 e. The molecule has 1 fully saturated rings. The molecule has 3 aromatic heterocycles. The number of nitrogens with zero attached hydrogens (tertiary/aromatic N) is 3. The minimum Gasteiger partial charge on any atom is -0.493 e. The minimum atomic E-state index is 0.680. The fourth-order valence-corrected chi connectivity index (χ4v) is 4.30. The Morgan fingerprint density at radius 3 is 2.70 bits per heavy atom. The molecule has 0 aliphatic carbocycles. The molecule has 1 N–H and O–H groups in total. The molecule has 0 bridgehead atoms. The van der Waals surface area contributed by atoms with Gasteiger partial charge in [0.1, 0.15) is 0 Å². The summed E-state index contributed by atoms with van der Waals surface area (Å²) in [7, 11) is 1.69. The molecule has 6 nitrogen and oxygen atoms in total. The molecule has 1 aliphatic heterocycles. The van der Waals surface area contributed by atoms with Crippen LogP contribution in [-0.2, 0) is 0 Å². The van der Waals surface area contributed by atoms with E-state index in [2.05, 4.69) is 19.9 Å². The van der Waals surface area contributed by atoms with Crippen LogP contribution in [-0.4, -0.2) is 53.2 Å². The predicted molar refractivity (Wildman–Crippen MR) is 119 cm³/mol. The van der Waals surface area contributed by atoms with Crippen molar-refractivity contribution in [2.75, 3.05) is 33.4 Å². The van der Waals surface area contributed by atoms with E-state index in [-0.39, 0.29) is 0 Å². The van der Waals surface area contributed by atoms with Crippen LogP contribution in [0.4, 0.5) is 0 Å². The quantitative estimate of drug-likeness (QED) is 0.456. The van der Waals surface area contributed by atoms with E-state index in [4.69, 9.17) is 9.47 Å². The van der Waals surface area contributed by atoms with Gasteiger partial charge in [0.05, 0.1) is 36.1 Å². The van der Waals surface area contributed by atoms with Gasteiger partial charge in [-0.1, -0.05) is 6.07 Å². The Labute approximate surface area is 175 Å². The molecular formula is C24H26N4O2. The summed E-state index contributed by atoms with van der Waals surface area (Å²) in [5, 5.41) is 2.10. The fraction of sp³-hybridized carbons (Fsp3) is 0.333. The van der Waals surface area contributed by atoms with Gasteiger partial charge in [-0.15, -0.1) is 0 Å². The van der Waals surface area contributed by atoms with Gasteiger partial charge in [-0.05, 0) is 56.6 Å². The smallest absolute Gasteiger partial charge is 0.163 e. The lowest BCUT2D eigenvalue weighted by Gasteiger charge is -2.15. The third kappa shape index (κ3) is 3.59. The van der Waals surface area contributed by atoms with Crippen LogP contribution in [0.1, 0.15) is 19.3 Å². The van der Waals surface area contributed by atoms with Gasteiger partial charge in [-0.25, -0.2) is 0 Å². The zero-order valence-electron chi connectivity index (χ0n) is 17.2. The summed E-state index contributed by atoms with van der Waals surface area (Å²) >= 11 is 0. The van der Waals surface area contributed by atoms with Gasteiger partial charge in [0, 0.05) is 35.8 Å². The van der Waals surface area contributed by atoms with E-state index in [1.54, 1.807) is 13.3 Å². The van der Waals surface area contributed by atoms with Crippen molar-refractivity contribution in [1.29, 1.82) is 0 Å². The standard InChI is InChI=1S/C24H26N4O2/c1-29-21-15-17-20(16-22(21)30-14-6-13-28-11-4-5-12-28)27-18-8-10-26-24(23(17)18)19-7-2-3-9-25-19/h2-3,7-10,15-16,27H,4-6,11-14H2,1H3. The molecule has 0 saturated carbocycles. The SMILES string of the molecule is COc1cc2c(cc1OCCCN1CCCC1)[nH]c1ccnc(-c3ccccn3)c12. The number of hydrogen-bond acceptors (Lipinski definition) is 5. The lowest BCUT2D eigenvalue weighted by atomic mass is 10.1. The molecule has 1 aliphatic rings. The number of pyridine rings is 2. The number of hydrogen-bond donors (Lipinski definition) is 1. The van der Waals surface area contributed by atoms with Crippen LogP contribution in [0, 0.1) is 0 Å². The molecular weight excluding hydrogens is 376 g/mol. The summed E-state index contributed by atoms with van der Waals surface area (Å²) in [6.45, 7) is 4.21. The Hall–Kier alpha value is -3.12. The van der Waals surface area contributed by atoms with E-state index in [1.807, 2.05) is 42.6 Å². The summed E-state index contributed by atoms with van der Waals surface area (Å²) in [6, 6.07) is 11.9. The predicted octanol–water partition coefficient (Wildman–Crippen LogP) is 4.65. The maximum absolute atomic E-state index is 6.11. The van der Waals surface area contributed by atoms with Crippen molar-refractivity contribution in [3.63, 3.8) is 0 Å². The monoisotopic (exact) mass is 402 g/mol. The zero-order valence-corrected chi connectivity index (χ0v) is 17.2. The van der Waals surface area contributed by atoms with E-state index >= 15 is 0 Å². The first-order chi connectivity index (χ1) is 14.8. The van der Waals surface area contributed by atoms with Crippen LogP contribution in [0.25, 0.3) is 33.2 Å². The highest BCUT2D eigenvalue weighted by Gasteiger charge is 2.16. The third-order valence-corrected chi connectivity index (χ3v) is 5.78. The van der Waals surface area contributed by atoms with Crippen LogP contribution < -0.4 is 9.47 Å². The van der Waals surface area contributed by atoms with E-state index in [9.17, 15) is 0 Å². The summed E-state index contributed by atoms with van der Waals surface area (Å²) in [5.74, 6) is 1.51. The van der Waals surface area contributed by atoms with E-state index in [0.29, 0.717) is 6.61 Å². The highest BCUT2D eigenvalue weighted by atomic mass is 16.5. The number of aromatic nitrogens is 3. The van der Waals surface area contributed by atoms with Crippen LogP contribution >= 0.6 is 0 Å². The number of benzene rings is 1. The number of likely N-dealkylation sites (tertiary alicyclic amines) is 1. The molecule has 5 rings (SSSR count). The van der Waals surface area contributed by atoms with E-state index < -0.39 is 0 Å².